The number of hydrogen-bond donors (Lipinski definition) is 0. The molecule has 2 heteroatoms. The molecule has 0 aromatic rings. The van der Waals surface area contributed by atoms with Crippen LogP contribution in [0.2, 0.25) is 0 Å². The Morgan fingerprint density at radius 1 is 1.33 bits per heavy atom. The topological polar surface area (TPSA) is 12.5 Å². The smallest absolute Gasteiger partial charge is 0.0625 e. The van der Waals surface area contributed by atoms with Crippen LogP contribution in [-0.2, 0) is 4.74 Å². The molecule has 1 aliphatic rings. The fraction of sp³-hybridized carbons (Fsp3) is 1.00. The Hall–Kier alpha value is -0.0800. The SMILES string of the molecule is CC(C)OC[C@H]1CCN1C(C)C. The predicted octanol–water partition coefficient (Wildman–Crippen LogP) is 1.89. The molecule has 0 N–H and O–H groups in total. The van der Waals surface area contributed by atoms with Gasteiger partial charge in [0.15, 0.2) is 0 Å². The molecule has 1 fully saturated rings. The number of nitrogens with zero attached hydrogens (tertiary/aromatic N) is 1. The first kappa shape index (κ1) is 10.0. The third kappa shape index (κ3) is 2.46. The van der Waals surface area contributed by atoms with Crippen LogP contribution in [0.1, 0.15) is 34.1 Å². The summed E-state index contributed by atoms with van der Waals surface area (Å²) in [5, 5.41) is 0. The Morgan fingerprint density at radius 2 is 2.00 bits per heavy atom. The van der Waals surface area contributed by atoms with E-state index in [-0.39, 0.29) is 0 Å². The zero-order valence-electron chi connectivity index (χ0n) is 8.71. The van der Waals surface area contributed by atoms with E-state index in [1.807, 2.05) is 0 Å². The molecule has 1 heterocycles. The van der Waals surface area contributed by atoms with Gasteiger partial charge in [-0.05, 0) is 34.1 Å². The summed E-state index contributed by atoms with van der Waals surface area (Å²) in [6.07, 6.45) is 1.69. The summed E-state index contributed by atoms with van der Waals surface area (Å²) in [4.78, 5) is 2.50. The Bertz CT molecular complexity index is 134. The van der Waals surface area contributed by atoms with E-state index in [1.165, 1.54) is 13.0 Å². The standard InChI is InChI=1S/C10H21NO/c1-8(2)11-6-5-10(11)7-12-9(3)4/h8-10H,5-7H2,1-4H3/t10-/m1/s1. The first-order chi connectivity index (χ1) is 5.61. The molecule has 0 aromatic carbocycles. The molecule has 0 saturated carbocycles. The summed E-state index contributed by atoms with van der Waals surface area (Å²) >= 11 is 0. The second kappa shape index (κ2) is 4.24. The lowest BCUT2D eigenvalue weighted by Gasteiger charge is -2.44. The third-order valence-electron chi connectivity index (χ3n) is 2.47. The van der Waals surface area contributed by atoms with E-state index in [0.717, 1.165) is 6.61 Å². The monoisotopic (exact) mass is 171 g/mol. The highest BCUT2D eigenvalue weighted by molar-refractivity contribution is 4.84. The molecule has 1 saturated heterocycles. The molecule has 0 spiro atoms. The summed E-state index contributed by atoms with van der Waals surface area (Å²) in [5.41, 5.74) is 0. The molecule has 0 aromatic heterocycles. The van der Waals surface area contributed by atoms with Crippen LogP contribution < -0.4 is 0 Å². The molecule has 0 unspecified atom stereocenters. The molecular weight excluding hydrogens is 150 g/mol. The fourth-order valence-corrected chi connectivity index (χ4v) is 1.62. The van der Waals surface area contributed by atoms with Crippen LogP contribution in [0.25, 0.3) is 0 Å². The van der Waals surface area contributed by atoms with Crippen LogP contribution in [0.4, 0.5) is 0 Å². The van der Waals surface area contributed by atoms with Crippen molar-refractivity contribution in [2.75, 3.05) is 13.2 Å². The zero-order chi connectivity index (χ0) is 9.14. The maximum absolute atomic E-state index is 5.58. The van der Waals surface area contributed by atoms with Crippen molar-refractivity contribution in [2.45, 2.75) is 52.3 Å². The minimum atomic E-state index is 0.375. The first-order valence-corrected chi connectivity index (χ1v) is 4.98. The van der Waals surface area contributed by atoms with E-state index in [2.05, 4.69) is 32.6 Å². The van der Waals surface area contributed by atoms with Crippen LogP contribution in [0.5, 0.6) is 0 Å². The molecule has 2 nitrogen and oxygen atoms in total. The molecule has 12 heavy (non-hydrogen) atoms. The van der Waals surface area contributed by atoms with Crippen molar-refractivity contribution in [3.05, 3.63) is 0 Å². The molecule has 1 aliphatic heterocycles. The molecule has 1 rings (SSSR count). The summed E-state index contributed by atoms with van der Waals surface area (Å²) in [5.74, 6) is 0. The number of hydrogen-bond acceptors (Lipinski definition) is 2. The van der Waals surface area contributed by atoms with Crippen molar-refractivity contribution in [1.29, 1.82) is 0 Å². The fourth-order valence-electron chi connectivity index (χ4n) is 1.62. The van der Waals surface area contributed by atoms with Crippen LogP contribution >= 0.6 is 0 Å². The normalized spacial score (nSPS) is 25.0. The Balaban J connectivity index is 2.17. The van der Waals surface area contributed by atoms with Gasteiger partial charge in [-0.1, -0.05) is 0 Å². The Kier molecular flexibility index (Phi) is 3.53. The van der Waals surface area contributed by atoms with Gasteiger partial charge in [0.05, 0.1) is 12.7 Å². The maximum atomic E-state index is 5.58. The number of rotatable bonds is 4. The van der Waals surface area contributed by atoms with Gasteiger partial charge in [0.2, 0.25) is 0 Å². The van der Waals surface area contributed by atoms with Crippen molar-refractivity contribution in [3.63, 3.8) is 0 Å². The highest BCUT2D eigenvalue weighted by atomic mass is 16.5. The molecular formula is C10H21NO. The van der Waals surface area contributed by atoms with E-state index in [4.69, 9.17) is 4.74 Å². The largest absolute Gasteiger partial charge is 0.377 e. The van der Waals surface area contributed by atoms with Crippen molar-refractivity contribution >= 4 is 0 Å². The highest BCUT2D eigenvalue weighted by Gasteiger charge is 2.29. The summed E-state index contributed by atoms with van der Waals surface area (Å²) in [6.45, 7) is 10.9. The van der Waals surface area contributed by atoms with Gasteiger partial charge in [-0.15, -0.1) is 0 Å². The summed E-state index contributed by atoms with van der Waals surface area (Å²) < 4.78 is 5.58. The maximum Gasteiger partial charge on any atom is 0.0625 e. The minimum absolute atomic E-state index is 0.375. The van der Waals surface area contributed by atoms with Gasteiger partial charge in [-0.25, -0.2) is 0 Å². The van der Waals surface area contributed by atoms with Crippen molar-refractivity contribution < 1.29 is 4.74 Å². The van der Waals surface area contributed by atoms with Gasteiger partial charge in [-0.2, -0.15) is 0 Å². The van der Waals surface area contributed by atoms with Gasteiger partial charge in [0.1, 0.15) is 0 Å². The summed E-state index contributed by atoms with van der Waals surface area (Å²) in [6, 6.07) is 1.37. The van der Waals surface area contributed by atoms with Crippen LogP contribution in [0, 0.1) is 0 Å². The van der Waals surface area contributed by atoms with Gasteiger partial charge >= 0.3 is 0 Å². The third-order valence-corrected chi connectivity index (χ3v) is 2.47. The van der Waals surface area contributed by atoms with E-state index in [1.54, 1.807) is 0 Å². The minimum Gasteiger partial charge on any atom is -0.377 e. The molecule has 0 radical (unpaired) electrons. The van der Waals surface area contributed by atoms with E-state index in [9.17, 15) is 0 Å². The average molecular weight is 171 g/mol. The van der Waals surface area contributed by atoms with E-state index in [0.29, 0.717) is 18.2 Å². The molecule has 1 atom stereocenters. The molecule has 0 aliphatic carbocycles. The number of likely N-dealkylation sites (tertiary alicyclic amines) is 1. The number of ether oxygens (including phenoxy) is 1. The van der Waals surface area contributed by atoms with E-state index >= 15 is 0 Å². The Labute approximate surface area is 75.9 Å². The highest BCUT2D eigenvalue weighted by Crippen LogP contribution is 2.20. The molecule has 72 valence electrons. The second-order valence-electron chi connectivity index (χ2n) is 4.16. The van der Waals surface area contributed by atoms with Crippen molar-refractivity contribution in [3.8, 4) is 0 Å². The zero-order valence-corrected chi connectivity index (χ0v) is 8.71. The lowest BCUT2D eigenvalue weighted by Crippen LogP contribution is -2.53. The Morgan fingerprint density at radius 3 is 2.33 bits per heavy atom. The first-order valence-electron chi connectivity index (χ1n) is 4.98. The average Bonchev–Trinajstić information content (AvgIpc) is 1.82. The van der Waals surface area contributed by atoms with Gasteiger partial charge in [0, 0.05) is 18.6 Å². The molecule has 0 bridgehead atoms. The van der Waals surface area contributed by atoms with Crippen molar-refractivity contribution in [1.82, 2.24) is 4.90 Å². The van der Waals surface area contributed by atoms with Crippen molar-refractivity contribution in [2.24, 2.45) is 0 Å². The van der Waals surface area contributed by atoms with E-state index < -0.39 is 0 Å². The summed E-state index contributed by atoms with van der Waals surface area (Å²) in [7, 11) is 0. The lowest BCUT2D eigenvalue weighted by molar-refractivity contribution is -0.0313. The van der Waals surface area contributed by atoms with Crippen LogP contribution in [0.3, 0.4) is 0 Å². The van der Waals surface area contributed by atoms with Gasteiger partial charge in [-0.3, -0.25) is 4.90 Å². The van der Waals surface area contributed by atoms with Gasteiger partial charge in [0.25, 0.3) is 0 Å². The van der Waals surface area contributed by atoms with Crippen LogP contribution in [0.15, 0.2) is 0 Å². The second-order valence-corrected chi connectivity index (χ2v) is 4.16. The van der Waals surface area contributed by atoms with Crippen LogP contribution in [-0.4, -0.2) is 36.2 Å². The quantitative estimate of drug-likeness (QED) is 0.640. The lowest BCUT2D eigenvalue weighted by atomic mass is 10.0. The van der Waals surface area contributed by atoms with Gasteiger partial charge < -0.3 is 4.74 Å². The predicted molar refractivity (Wildman–Crippen MR) is 51.3 cm³/mol. The molecule has 0 amide bonds.